The van der Waals surface area contributed by atoms with Gasteiger partial charge in [-0.2, -0.15) is 0 Å². The normalized spacial score (nSPS) is 12.0. The number of thioether (sulfide) groups is 1. The minimum absolute atomic E-state index is 0.000641. The molecule has 2 heterocycles. The third kappa shape index (κ3) is 4.78. The maximum atomic E-state index is 12.2. The SMILES string of the molecule is CCc1ccc(-n2c(SCC(=O)N[C@@H](C)CC)nnc2-c2ccncc2)cc1. The Balaban J connectivity index is 1.91. The summed E-state index contributed by atoms with van der Waals surface area (Å²) in [6.45, 7) is 6.19. The lowest BCUT2D eigenvalue weighted by molar-refractivity contribution is -0.119. The summed E-state index contributed by atoms with van der Waals surface area (Å²) in [7, 11) is 0. The minimum atomic E-state index is 0.000641. The average molecular weight is 396 g/mol. The van der Waals surface area contributed by atoms with Crippen LogP contribution in [0.4, 0.5) is 0 Å². The van der Waals surface area contributed by atoms with Crippen molar-refractivity contribution in [1.82, 2.24) is 25.1 Å². The molecular formula is C21H25N5OS. The number of carbonyl (C=O) groups is 1. The van der Waals surface area contributed by atoms with Crippen LogP contribution in [0.15, 0.2) is 53.9 Å². The van der Waals surface area contributed by atoms with Gasteiger partial charge in [-0.25, -0.2) is 0 Å². The largest absolute Gasteiger partial charge is 0.353 e. The molecule has 0 spiro atoms. The van der Waals surface area contributed by atoms with Crippen LogP contribution in [0, 0.1) is 0 Å². The summed E-state index contributed by atoms with van der Waals surface area (Å²) in [5, 5.41) is 12.4. The molecule has 0 fully saturated rings. The monoisotopic (exact) mass is 395 g/mol. The number of pyridine rings is 1. The molecule has 0 radical (unpaired) electrons. The maximum absolute atomic E-state index is 12.2. The van der Waals surface area contributed by atoms with Crippen LogP contribution in [0.25, 0.3) is 17.1 Å². The van der Waals surface area contributed by atoms with Crippen LogP contribution in [0.2, 0.25) is 0 Å². The fourth-order valence-electron chi connectivity index (χ4n) is 2.71. The molecular weight excluding hydrogens is 370 g/mol. The van der Waals surface area contributed by atoms with Crippen molar-refractivity contribution in [2.24, 2.45) is 0 Å². The van der Waals surface area contributed by atoms with E-state index in [1.54, 1.807) is 12.4 Å². The highest BCUT2D eigenvalue weighted by molar-refractivity contribution is 7.99. The van der Waals surface area contributed by atoms with Gasteiger partial charge in [0.1, 0.15) is 0 Å². The predicted octanol–water partition coefficient (Wildman–Crippen LogP) is 3.90. The lowest BCUT2D eigenvalue weighted by Crippen LogP contribution is -2.33. The van der Waals surface area contributed by atoms with E-state index in [4.69, 9.17) is 0 Å². The molecule has 0 unspecified atom stereocenters. The first-order valence-corrected chi connectivity index (χ1v) is 10.5. The van der Waals surface area contributed by atoms with Crippen LogP contribution >= 0.6 is 11.8 Å². The van der Waals surface area contributed by atoms with E-state index < -0.39 is 0 Å². The number of nitrogens with zero attached hydrogens (tertiary/aromatic N) is 4. The molecule has 146 valence electrons. The van der Waals surface area contributed by atoms with Crippen molar-refractivity contribution in [3.63, 3.8) is 0 Å². The first kappa shape index (κ1) is 20.1. The Morgan fingerprint density at radius 3 is 2.46 bits per heavy atom. The number of rotatable bonds is 8. The van der Waals surface area contributed by atoms with E-state index in [1.807, 2.05) is 23.6 Å². The Morgan fingerprint density at radius 2 is 1.82 bits per heavy atom. The molecule has 28 heavy (non-hydrogen) atoms. The molecule has 1 N–H and O–H groups in total. The fourth-order valence-corrected chi connectivity index (χ4v) is 3.48. The van der Waals surface area contributed by atoms with Crippen molar-refractivity contribution in [2.75, 3.05) is 5.75 Å². The summed E-state index contributed by atoms with van der Waals surface area (Å²) < 4.78 is 2.00. The summed E-state index contributed by atoms with van der Waals surface area (Å²) >= 11 is 1.39. The third-order valence-corrected chi connectivity index (χ3v) is 5.46. The number of aromatic nitrogens is 4. The Kier molecular flexibility index (Phi) is 6.81. The molecule has 0 aliphatic carbocycles. The average Bonchev–Trinajstić information content (AvgIpc) is 3.16. The first-order chi connectivity index (χ1) is 13.6. The lowest BCUT2D eigenvalue weighted by atomic mass is 10.1. The van der Waals surface area contributed by atoms with Crippen molar-refractivity contribution in [3.8, 4) is 17.1 Å². The van der Waals surface area contributed by atoms with Gasteiger partial charge < -0.3 is 5.32 Å². The minimum Gasteiger partial charge on any atom is -0.353 e. The quantitative estimate of drug-likeness (QED) is 0.586. The number of hydrogen-bond donors (Lipinski definition) is 1. The summed E-state index contributed by atoms with van der Waals surface area (Å²) in [6, 6.07) is 12.3. The Labute approximate surface area is 169 Å². The third-order valence-electron chi connectivity index (χ3n) is 4.53. The zero-order valence-corrected chi connectivity index (χ0v) is 17.2. The van der Waals surface area contributed by atoms with Gasteiger partial charge in [-0.05, 0) is 49.6 Å². The van der Waals surface area contributed by atoms with Crippen LogP contribution in [0.5, 0.6) is 0 Å². The Morgan fingerprint density at radius 1 is 1.11 bits per heavy atom. The van der Waals surface area contributed by atoms with Gasteiger partial charge in [0, 0.05) is 29.7 Å². The van der Waals surface area contributed by atoms with Crippen molar-refractivity contribution >= 4 is 17.7 Å². The van der Waals surface area contributed by atoms with E-state index in [1.165, 1.54) is 17.3 Å². The second-order valence-corrected chi connectivity index (χ2v) is 7.51. The van der Waals surface area contributed by atoms with Crippen LogP contribution in [-0.4, -0.2) is 37.5 Å². The van der Waals surface area contributed by atoms with E-state index in [-0.39, 0.29) is 11.9 Å². The molecule has 0 bridgehead atoms. The number of hydrogen-bond acceptors (Lipinski definition) is 5. The molecule has 3 rings (SSSR count). The summed E-state index contributed by atoms with van der Waals surface area (Å²) in [5.41, 5.74) is 3.17. The summed E-state index contributed by atoms with van der Waals surface area (Å²) in [5.74, 6) is 1.03. The van der Waals surface area contributed by atoms with Crippen molar-refractivity contribution in [2.45, 2.75) is 44.8 Å². The van der Waals surface area contributed by atoms with Gasteiger partial charge >= 0.3 is 0 Å². The molecule has 1 aromatic carbocycles. The van der Waals surface area contributed by atoms with Gasteiger partial charge in [0.05, 0.1) is 5.75 Å². The predicted molar refractivity (Wildman–Crippen MR) is 113 cm³/mol. The molecule has 0 aliphatic heterocycles. The molecule has 0 saturated carbocycles. The van der Waals surface area contributed by atoms with Crippen LogP contribution < -0.4 is 5.32 Å². The van der Waals surface area contributed by atoms with E-state index in [2.05, 4.69) is 58.6 Å². The molecule has 6 nitrogen and oxygen atoms in total. The van der Waals surface area contributed by atoms with Crippen molar-refractivity contribution in [3.05, 3.63) is 54.4 Å². The van der Waals surface area contributed by atoms with Crippen LogP contribution in [-0.2, 0) is 11.2 Å². The molecule has 7 heteroatoms. The van der Waals surface area contributed by atoms with Crippen LogP contribution in [0.3, 0.4) is 0 Å². The van der Waals surface area contributed by atoms with Crippen molar-refractivity contribution < 1.29 is 4.79 Å². The lowest BCUT2D eigenvalue weighted by Gasteiger charge is -2.12. The maximum Gasteiger partial charge on any atom is 0.230 e. The standard InChI is InChI=1S/C21H25N5OS/c1-4-15(3)23-19(27)14-28-21-25-24-20(17-10-12-22-13-11-17)26(21)18-8-6-16(5-2)7-9-18/h6-13,15H,4-5,14H2,1-3H3,(H,23,27)/t15-/m0/s1. The van der Waals surface area contributed by atoms with Gasteiger partial charge in [0.2, 0.25) is 5.91 Å². The van der Waals surface area contributed by atoms with Gasteiger partial charge in [-0.1, -0.05) is 37.7 Å². The number of nitrogens with one attached hydrogen (secondary N) is 1. The molecule has 1 atom stereocenters. The van der Waals surface area contributed by atoms with Crippen molar-refractivity contribution in [1.29, 1.82) is 0 Å². The highest BCUT2D eigenvalue weighted by Crippen LogP contribution is 2.27. The van der Waals surface area contributed by atoms with Gasteiger partial charge in [-0.15, -0.1) is 10.2 Å². The van der Waals surface area contributed by atoms with Gasteiger partial charge in [0.15, 0.2) is 11.0 Å². The molecule has 2 aromatic heterocycles. The first-order valence-electron chi connectivity index (χ1n) is 9.49. The molecule has 3 aromatic rings. The van der Waals surface area contributed by atoms with E-state index in [9.17, 15) is 4.79 Å². The van der Waals surface area contributed by atoms with E-state index >= 15 is 0 Å². The second-order valence-electron chi connectivity index (χ2n) is 6.56. The van der Waals surface area contributed by atoms with Gasteiger partial charge in [0.25, 0.3) is 0 Å². The summed E-state index contributed by atoms with van der Waals surface area (Å²) in [4.78, 5) is 16.3. The molecule has 0 saturated heterocycles. The molecule has 1 amide bonds. The number of amides is 1. The fraction of sp³-hybridized carbons (Fsp3) is 0.333. The molecule has 0 aliphatic rings. The Bertz CT molecular complexity index is 908. The van der Waals surface area contributed by atoms with E-state index in [0.29, 0.717) is 10.9 Å². The zero-order chi connectivity index (χ0) is 19.9. The summed E-state index contributed by atoms with van der Waals surface area (Å²) in [6.07, 6.45) is 5.36. The van der Waals surface area contributed by atoms with E-state index in [0.717, 1.165) is 29.9 Å². The number of benzene rings is 1. The highest BCUT2D eigenvalue weighted by atomic mass is 32.2. The van der Waals surface area contributed by atoms with Crippen LogP contribution in [0.1, 0.15) is 32.8 Å². The second kappa shape index (κ2) is 9.50. The zero-order valence-electron chi connectivity index (χ0n) is 16.4. The number of carbonyl (C=O) groups excluding carboxylic acids is 1. The topological polar surface area (TPSA) is 72.7 Å². The van der Waals surface area contributed by atoms with Gasteiger partial charge in [-0.3, -0.25) is 14.3 Å². The Hall–Kier alpha value is -2.67. The number of aryl methyl sites for hydroxylation is 1. The smallest absolute Gasteiger partial charge is 0.230 e. The highest BCUT2D eigenvalue weighted by Gasteiger charge is 2.17.